The molecule has 0 amide bonds. The lowest BCUT2D eigenvalue weighted by atomic mass is 10.1. The molecule has 0 fully saturated rings. The first kappa shape index (κ1) is 15.2. The van der Waals surface area contributed by atoms with E-state index in [1.807, 2.05) is 17.8 Å². The van der Waals surface area contributed by atoms with Gasteiger partial charge in [-0.3, -0.25) is 4.79 Å². The van der Waals surface area contributed by atoms with Gasteiger partial charge in [-0.15, -0.1) is 11.3 Å². The van der Waals surface area contributed by atoms with Crippen LogP contribution in [0.1, 0.15) is 25.7 Å². The van der Waals surface area contributed by atoms with Gasteiger partial charge in [-0.2, -0.15) is 11.8 Å². The van der Waals surface area contributed by atoms with Crippen LogP contribution in [0.3, 0.4) is 0 Å². The number of aryl methyl sites for hydroxylation is 1. The molecule has 6 heteroatoms. The molecule has 3 rings (SSSR count). The van der Waals surface area contributed by atoms with Crippen molar-refractivity contribution in [2.75, 3.05) is 12.9 Å². The highest BCUT2D eigenvalue weighted by atomic mass is 35.5. The van der Waals surface area contributed by atoms with E-state index in [0.29, 0.717) is 21.4 Å². The minimum atomic E-state index is -0.0750. The zero-order valence-electron chi connectivity index (χ0n) is 11.2. The maximum atomic E-state index is 12.7. The third-order valence-corrected chi connectivity index (χ3v) is 6.19. The number of ether oxygens (including phenoxy) is 1. The first-order valence-electron chi connectivity index (χ1n) is 6.37. The molecule has 0 bridgehead atoms. The lowest BCUT2D eigenvalue weighted by Crippen LogP contribution is -2.00. The fourth-order valence-electron chi connectivity index (χ4n) is 2.25. The van der Waals surface area contributed by atoms with Gasteiger partial charge in [0.05, 0.1) is 22.0 Å². The third kappa shape index (κ3) is 2.95. The molecule has 0 spiro atoms. The van der Waals surface area contributed by atoms with E-state index in [1.54, 1.807) is 23.5 Å². The van der Waals surface area contributed by atoms with E-state index < -0.39 is 0 Å². The maximum absolute atomic E-state index is 12.7. The van der Waals surface area contributed by atoms with Crippen molar-refractivity contribution in [1.29, 1.82) is 0 Å². The molecule has 0 N–H and O–H groups in total. The number of hydrogen-bond acceptors (Lipinski definition) is 4. The maximum Gasteiger partial charge on any atom is 0.204 e. The highest BCUT2D eigenvalue weighted by molar-refractivity contribution is 7.98. The predicted octanol–water partition coefficient (Wildman–Crippen LogP) is 5.08. The summed E-state index contributed by atoms with van der Waals surface area (Å²) in [7, 11) is 1.52. The van der Waals surface area contributed by atoms with Crippen LogP contribution in [0.2, 0.25) is 10.0 Å². The normalized spacial score (nSPS) is 13.9. The van der Waals surface area contributed by atoms with Crippen molar-refractivity contribution in [2.45, 2.75) is 12.2 Å². The van der Waals surface area contributed by atoms with Crippen LogP contribution in [0, 0.1) is 0 Å². The Kier molecular flexibility index (Phi) is 4.50. The zero-order valence-corrected chi connectivity index (χ0v) is 14.4. The Morgan fingerprint density at radius 3 is 2.76 bits per heavy atom. The van der Waals surface area contributed by atoms with Gasteiger partial charge in [0.1, 0.15) is 5.75 Å². The van der Waals surface area contributed by atoms with Crippen LogP contribution in [0.25, 0.3) is 0 Å². The standard InChI is InChI=1S/C15H12Cl2O2S2/c1-19-12-6-10(16)9(5-11(12)17)15(18)14-4-8-7-20-3-2-13(8)21-14/h4-6H,2-3,7H2,1H3. The highest BCUT2D eigenvalue weighted by Crippen LogP contribution is 2.36. The number of carbonyl (C=O) groups is 1. The van der Waals surface area contributed by atoms with Gasteiger partial charge in [0.2, 0.25) is 5.78 Å². The summed E-state index contributed by atoms with van der Waals surface area (Å²) in [5, 5.41) is 0.754. The summed E-state index contributed by atoms with van der Waals surface area (Å²) in [5.74, 6) is 2.50. The van der Waals surface area contributed by atoms with Crippen LogP contribution in [0.15, 0.2) is 18.2 Å². The summed E-state index contributed by atoms with van der Waals surface area (Å²) in [4.78, 5) is 14.7. The molecule has 110 valence electrons. The number of thiophene rings is 1. The van der Waals surface area contributed by atoms with Gasteiger partial charge in [-0.1, -0.05) is 23.2 Å². The Bertz CT molecular complexity index is 686. The van der Waals surface area contributed by atoms with Gasteiger partial charge in [-0.05, 0) is 29.9 Å². The smallest absolute Gasteiger partial charge is 0.204 e. The van der Waals surface area contributed by atoms with E-state index in [-0.39, 0.29) is 5.78 Å². The minimum Gasteiger partial charge on any atom is -0.495 e. The van der Waals surface area contributed by atoms with Crippen LogP contribution < -0.4 is 4.74 Å². The minimum absolute atomic E-state index is 0.0750. The molecule has 1 aliphatic heterocycles. The second-order valence-electron chi connectivity index (χ2n) is 4.66. The van der Waals surface area contributed by atoms with E-state index in [4.69, 9.17) is 27.9 Å². The molecule has 2 aromatic rings. The zero-order chi connectivity index (χ0) is 15.0. The SMILES string of the molecule is COc1cc(Cl)c(C(=O)c2cc3c(s2)CCSC3)cc1Cl. The van der Waals surface area contributed by atoms with Gasteiger partial charge in [0, 0.05) is 22.3 Å². The predicted molar refractivity (Wildman–Crippen MR) is 90.6 cm³/mol. The summed E-state index contributed by atoms with van der Waals surface area (Å²) in [6.45, 7) is 0. The highest BCUT2D eigenvalue weighted by Gasteiger charge is 2.21. The van der Waals surface area contributed by atoms with Gasteiger partial charge in [0.25, 0.3) is 0 Å². The van der Waals surface area contributed by atoms with Crippen LogP contribution in [-0.2, 0) is 12.2 Å². The number of benzene rings is 1. The average molecular weight is 359 g/mol. The number of rotatable bonds is 3. The summed E-state index contributed by atoms with van der Waals surface area (Å²) in [6, 6.07) is 5.15. The average Bonchev–Trinajstić information content (AvgIpc) is 2.92. The quantitative estimate of drug-likeness (QED) is 0.715. The summed E-state index contributed by atoms with van der Waals surface area (Å²) in [6.07, 6.45) is 1.04. The third-order valence-electron chi connectivity index (χ3n) is 3.34. The van der Waals surface area contributed by atoms with E-state index in [9.17, 15) is 4.79 Å². The molecular formula is C15H12Cl2O2S2. The largest absolute Gasteiger partial charge is 0.495 e. The summed E-state index contributed by atoms with van der Waals surface area (Å²) in [5.41, 5.74) is 1.70. The first-order valence-corrected chi connectivity index (χ1v) is 9.10. The fraction of sp³-hybridized carbons (Fsp3) is 0.267. The monoisotopic (exact) mass is 358 g/mol. The number of halogens is 2. The number of hydrogen-bond donors (Lipinski definition) is 0. The molecule has 0 atom stereocenters. The fourth-order valence-corrected chi connectivity index (χ4v) is 5.06. The van der Waals surface area contributed by atoms with Crippen molar-refractivity contribution >= 4 is 52.1 Å². The molecule has 0 unspecified atom stereocenters. The van der Waals surface area contributed by atoms with Crippen molar-refractivity contribution in [3.8, 4) is 5.75 Å². The van der Waals surface area contributed by atoms with Crippen LogP contribution in [-0.4, -0.2) is 18.6 Å². The molecule has 1 aliphatic rings. The van der Waals surface area contributed by atoms with Crippen molar-refractivity contribution in [2.24, 2.45) is 0 Å². The topological polar surface area (TPSA) is 26.3 Å². The lowest BCUT2D eigenvalue weighted by Gasteiger charge is -2.08. The molecule has 1 aromatic heterocycles. The van der Waals surface area contributed by atoms with Crippen molar-refractivity contribution in [3.63, 3.8) is 0 Å². The Balaban J connectivity index is 1.98. The Morgan fingerprint density at radius 1 is 1.24 bits per heavy atom. The summed E-state index contributed by atoms with van der Waals surface area (Å²) < 4.78 is 5.10. The van der Waals surface area contributed by atoms with E-state index in [2.05, 4.69) is 0 Å². The Labute approximate surface area is 141 Å². The van der Waals surface area contributed by atoms with Crippen molar-refractivity contribution in [1.82, 2.24) is 0 Å². The number of methoxy groups -OCH3 is 1. The molecule has 2 heterocycles. The first-order chi connectivity index (χ1) is 10.1. The van der Waals surface area contributed by atoms with Gasteiger partial charge >= 0.3 is 0 Å². The summed E-state index contributed by atoms with van der Waals surface area (Å²) >= 11 is 15.8. The van der Waals surface area contributed by atoms with Gasteiger partial charge < -0.3 is 4.74 Å². The van der Waals surface area contributed by atoms with Crippen LogP contribution >= 0.6 is 46.3 Å². The number of carbonyl (C=O) groups excluding carboxylic acids is 1. The molecule has 0 saturated carbocycles. The molecule has 1 aromatic carbocycles. The van der Waals surface area contributed by atoms with E-state index >= 15 is 0 Å². The molecule has 0 saturated heterocycles. The number of fused-ring (bicyclic) bond motifs is 1. The molecule has 21 heavy (non-hydrogen) atoms. The second-order valence-corrected chi connectivity index (χ2v) is 7.71. The second kappa shape index (κ2) is 6.21. The Morgan fingerprint density at radius 2 is 2.05 bits per heavy atom. The van der Waals surface area contributed by atoms with Gasteiger partial charge in [-0.25, -0.2) is 0 Å². The Hall–Kier alpha value is -0.680. The molecular weight excluding hydrogens is 347 g/mol. The van der Waals surface area contributed by atoms with Gasteiger partial charge in [0.15, 0.2) is 0 Å². The molecule has 2 nitrogen and oxygen atoms in total. The number of thioether (sulfide) groups is 1. The molecule has 0 aliphatic carbocycles. The van der Waals surface area contributed by atoms with Crippen molar-refractivity contribution < 1.29 is 9.53 Å². The number of ketones is 1. The van der Waals surface area contributed by atoms with Crippen LogP contribution in [0.5, 0.6) is 5.75 Å². The van der Waals surface area contributed by atoms with Crippen LogP contribution in [0.4, 0.5) is 0 Å². The van der Waals surface area contributed by atoms with Crippen molar-refractivity contribution in [3.05, 3.63) is 49.1 Å². The van der Waals surface area contributed by atoms with E-state index in [0.717, 1.165) is 22.8 Å². The van der Waals surface area contributed by atoms with E-state index in [1.165, 1.54) is 17.6 Å². The molecule has 0 radical (unpaired) electrons. The lowest BCUT2D eigenvalue weighted by molar-refractivity contribution is 0.104.